The number of nitrogens with one attached hydrogen (secondary N) is 2. The zero-order chi connectivity index (χ0) is 20.8. The van der Waals surface area contributed by atoms with Gasteiger partial charge in [-0.25, -0.2) is 4.98 Å². The van der Waals surface area contributed by atoms with Gasteiger partial charge in [-0.2, -0.15) is 0 Å². The van der Waals surface area contributed by atoms with Gasteiger partial charge in [0.15, 0.2) is 0 Å². The summed E-state index contributed by atoms with van der Waals surface area (Å²) in [5.41, 5.74) is 7.55. The van der Waals surface area contributed by atoms with Crippen LogP contribution >= 0.6 is 11.3 Å². The first-order chi connectivity index (χ1) is 14.0. The summed E-state index contributed by atoms with van der Waals surface area (Å²) in [6.45, 7) is 2.08. The lowest BCUT2D eigenvalue weighted by Gasteiger charge is -2.06. The van der Waals surface area contributed by atoms with Gasteiger partial charge in [-0.05, 0) is 17.5 Å². The van der Waals surface area contributed by atoms with E-state index in [4.69, 9.17) is 0 Å². The third-order valence-corrected chi connectivity index (χ3v) is 5.06. The van der Waals surface area contributed by atoms with E-state index in [0.717, 1.165) is 17.0 Å². The quantitative estimate of drug-likeness (QED) is 0.478. The summed E-state index contributed by atoms with van der Waals surface area (Å²) in [5, 5.41) is 13.0. The van der Waals surface area contributed by atoms with E-state index < -0.39 is 16.7 Å². The van der Waals surface area contributed by atoms with Crippen LogP contribution in [0.2, 0.25) is 0 Å². The number of hydrogen-bond donors (Lipinski definition) is 2. The van der Waals surface area contributed by atoms with E-state index in [1.54, 1.807) is 5.38 Å². The molecule has 0 aliphatic heterocycles. The molecule has 0 saturated heterocycles. The Morgan fingerprint density at radius 3 is 2.31 bits per heavy atom. The molecule has 0 spiro atoms. The number of rotatable bonds is 6. The van der Waals surface area contributed by atoms with Crippen LogP contribution in [0.1, 0.15) is 28.5 Å². The Hall–Kier alpha value is -3.59. The van der Waals surface area contributed by atoms with E-state index in [0.29, 0.717) is 5.56 Å². The SMILES string of the molecule is CCc1ccc(-c2nc(C(=O)NNC(=O)Cc3ccc([N+](=O)[O-])cc3)cs2)cc1. The number of nitro groups is 1. The van der Waals surface area contributed by atoms with Gasteiger partial charge in [0.05, 0.1) is 11.3 Å². The lowest BCUT2D eigenvalue weighted by molar-refractivity contribution is -0.384. The molecule has 2 N–H and O–H groups in total. The highest BCUT2D eigenvalue weighted by Crippen LogP contribution is 2.24. The molecule has 0 unspecified atom stereocenters. The van der Waals surface area contributed by atoms with Crippen LogP contribution in [0.15, 0.2) is 53.9 Å². The number of thiazole rings is 1. The topological polar surface area (TPSA) is 114 Å². The molecule has 0 radical (unpaired) electrons. The molecule has 29 heavy (non-hydrogen) atoms. The second-order valence-electron chi connectivity index (χ2n) is 6.19. The molecular formula is C20H18N4O4S. The number of benzene rings is 2. The van der Waals surface area contributed by atoms with Crippen molar-refractivity contribution in [2.24, 2.45) is 0 Å². The summed E-state index contributed by atoms with van der Waals surface area (Å²) < 4.78 is 0. The van der Waals surface area contributed by atoms with Crippen LogP contribution in [0.5, 0.6) is 0 Å². The van der Waals surface area contributed by atoms with Crippen LogP contribution in [0.3, 0.4) is 0 Å². The molecule has 0 fully saturated rings. The Kier molecular flexibility index (Phi) is 6.30. The highest BCUT2D eigenvalue weighted by atomic mass is 32.1. The molecule has 1 aromatic heterocycles. The van der Waals surface area contributed by atoms with E-state index in [2.05, 4.69) is 22.8 Å². The van der Waals surface area contributed by atoms with Gasteiger partial charge in [0, 0.05) is 23.1 Å². The zero-order valence-corrected chi connectivity index (χ0v) is 16.4. The molecular weight excluding hydrogens is 392 g/mol. The Labute approximate surface area is 170 Å². The molecule has 148 valence electrons. The Balaban J connectivity index is 1.54. The minimum atomic E-state index is -0.519. The first-order valence-electron chi connectivity index (χ1n) is 8.83. The van der Waals surface area contributed by atoms with Gasteiger partial charge in [-0.1, -0.05) is 43.3 Å². The maximum Gasteiger partial charge on any atom is 0.289 e. The number of nitro benzene ring substituents is 1. The summed E-state index contributed by atoms with van der Waals surface area (Å²) in [4.78, 5) is 38.6. The third-order valence-electron chi connectivity index (χ3n) is 4.17. The van der Waals surface area contributed by atoms with E-state index in [1.807, 2.05) is 24.3 Å². The number of hydrazine groups is 1. The van der Waals surface area contributed by atoms with Crippen LogP contribution in [-0.4, -0.2) is 21.7 Å². The lowest BCUT2D eigenvalue weighted by Crippen LogP contribution is -2.42. The molecule has 9 heteroatoms. The van der Waals surface area contributed by atoms with Crippen molar-refractivity contribution in [1.82, 2.24) is 15.8 Å². The monoisotopic (exact) mass is 410 g/mol. The standard InChI is InChI=1S/C20H18N4O4S/c1-2-13-3-7-15(8-4-13)20-21-17(12-29-20)19(26)23-22-18(25)11-14-5-9-16(10-6-14)24(27)28/h3-10,12H,2,11H2,1H3,(H,22,25)(H,23,26). The van der Waals surface area contributed by atoms with Crippen molar-refractivity contribution in [3.63, 3.8) is 0 Å². The van der Waals surface area contributed by atoms with Crippen molar-refractivity contribution < 1.29 is 14.5 Å². The summed E-state index contributed by atoms with van der Waals surface area (Å²) >= 11 is 1.35. The Morgan fingerprint density at radius 1 is 1.03 bits per heavy atom. The Bertz CT molecular complexity index is 1030. The average Bonchev–Trinajstić information content (AvgIpc) is 3.23. The summed E-state index contributed by atoms with van der Waals surface area (Å²) in [6, 6.07) is 13.6. The Morgan fingerprint density at radius 2 is 1.69 bits per heavy atom. The van der Waals surface area contributed by atoms with Gasteiger partial charge >= 0.3 is 0 Å². The summed E-state index contributed by atoms with van der Waals surface area (Å²) in [7, 11) is 0. The van der Waals surface area contributed by atoms with Crippen molar-refractivity contribution in [2.75, 3.05) is 0 Å². The average molecular weight is 410 g/mol. The van der Waals surface area contributed by atoms with Gasteiger partial charge in [-0.3, -0.25) is 30.6 Å². The molecule has 0 aliphatic rings. The molecule has 3 aromatic rings. The fraction of sp³-hybridized carbons (Fsp3) is 0.150. The number of aromatic nitrogens is 1. The maximum atomic E-state index is 12.2. The van der Waals surface area contributed by atoms with Gasteiger partial charge in [-0.15, -0.1) is 11.3 Å². The van der Waals surface area contributed by atoms with Gasteiger partial charge in [0.1, 0.15) is 10.7 Å². The number of non-ortho nitro benzene ring substituents is 1. The van der Waals surface area contributed by atoms with Crippen molar-refractivity contribution >= 4 is 28.8 Å². The maximum absolute atomic E-state index is 12.2. The van der Waals surface area contributed by atoms with Gasteiger partial charge < -0.3 is 0 Å². The zero-order valence-electron chi connectivity index (χ0n) is 15.5. The van der Waals surface area contributed by atoms with E-state index in [9.17, 15) is 19.7 Å². The molecule has 0 aliphatic carbocycles. The van der Waals surface area contributed by atoms with Crippen molar-refractivity contribution in [2.45, 2.75) is 19.8 Å². The van der Waals surface area contributed by atoms with Crippen LogP contribution in [0, 0.1) is 10.1 Å². The fourth-order valence-corrected chi connectivity index (χ4v) is 3.36. The number of carbonyl (C=O) groups excluding carboxylic acids is 2. The first kappa shape index (κ1) is 20.2. The van der Waals surface area contributed by atoms with E-state index in [-0.39, 0.29) is 17.8 Å². The minimum absolute atomic E-state index is 0.0234. The number of hydrogen-bond acceptors (Lipinski definition) is 6. The predicted molar refractivity (Wildman–Crippen MR) is 109 cm³/mol. The number of carbonyl (C=O) groups is 2. The lowest BCUT2D eigenvalue weighted by atomic mass is 10.1. The predicted octanol–water partition coefficient (Wildman–Crippen LogP) is 3.28. The van der Waals surface area contributed by atoms with E-state index in [1.165, 1.54) is 41.2 Å². The first-order valence-corrected chi connectivity index (χ1v) is 9.71. The second-order valence-corrected chi connectivity index (χ2v) is 7.05. The fourth-order valence-electron chi connectivity index (χ4n) is 2.55. The van der Waals surface area contributed by atoms with Crippen LogP contribution in [-0.2, 0) is 17.6 Å². The highest BCUT2D eigenvalue weighted by Gasteiger charge is 2.13. The van der Waals surface area contributed by atoms with Crippen molar-refractivity contribution in [3.05, 3.63) is 80.8 Å². The van der Waals surface area contributed by atoms with Crippen molar-refractivity contribution in [1.29, 1.82) is 0 Å². The molecule has 2 amide bonds. The highest BCUT2D eigenvalue weighted by molar-refractivity contribution is 7.13. The van der Waals surface area contributed by atoms with Crippen molar-refractivity contribution in [3.8, 4) is 10.6 Å². The molecule has 0 saturated carbocycles. The minimum Gasteiger partial charge on any atom is -0.273 e. The molecule has 0 bridgehead atoms. The van der Waals surface area contributed by atoms with Crippen LogP contribution < -0.4 is 10.9 Å². The molecule has 1 heterocycles. The van der Waals surface area contributed by atoms with E-state index >= 15 is 0 Å². The molecule has 3 rings (SSSR count). The van der Waals surface area contributed by atoms with Gasteiger partial charge in [0.25, 0.3) is 11.6 Å². The smallest absolute Gasteiger partial charge is 0.273 e. The summed E-state index contributed by atoms with van der Waals surface area (Å²) in [5.74, 6) is -0.965. The number of amides is 2. The van der Waals surface area contributed by atoms with Gasteiger partial charge in [0.2, 0.25) is 5.91 Å². The second kappa shape index (κ2) is 9.07. The normalized spacial score (nSPS) is 10.4. The van der Waals surface area contributed by atoms with Crippen LogP contribution in [0.4, 0.5) is 5.69 Å². The molecule has 2 aromatic carbocycles. The summed E-state index contributed by atoms with van der Waals surface area (Å²) in [6.07, 6.45) is 0.926. The number of aryl methyl sites for hydroxylation is 1. The largest absolute Gasteiger partial charge is 0.289 e. The van der Waals surface area contributed by atoms with Crippen LogP contribution in [0.25, 0.3) is 10.6 Å². The molecule has 8 nitrogen and oxygen atoms in total. The molecule has 0 atom stereocenters. The third kappa shape index (κ3) is 5.23. The number of nitrogens with zero attached hydrogens (tertiary/aromatic N) is 2.